The number of aryl methyl sites for hydroxylation is 2. The van der Waals surface area contributed by atoms with E-state index in [0.29, 0.717) is 0 Å². The Morgan fingerprint density at radius 2 is 1.89 bits per heavy atom. The number of nitrogen functional groups attached to an aromatic ring is 1. The van der Waals surface area contributed by atoms with Gasteiger partial charge in [0.1, 0.15) is 0 Å². The molecule has 0 fully saturated rings. The minimum atomic E-state index is 0.910. The second-order valence-electron chi connectivity index (χ2n) is 4.40. The van der Waals surface area contributed by atoms with E-state index in [1.165, 1.54) is 20.9 Å². The Morgan fingerprint density at radius 3 is 2.58 bits per heavy atom. The van der Waals surface area contributed by atoms with Gasteiger partial charge >= 0.3 is 0 Å². The summed E-state index contributed by atoms with van der Waals surface area (Å²) >= 11 is 4.16. The highest BCUT2D eigenvalue weighted by Gasteiger charge is 2.03. The van der Waals surface area contributed by atoms with Crippen LogP contribution < -0.4 is 5.73 Å². The second-order valence-corrected chi connectivity index (χ2v) is 6.63. The number of anilines is 1. The molecule has 2 aromatic rings. The molecule has 0 spiro atoms. The molecule has 0 bridgehead atoms. The average molecular weight is 383 g/mol. The van der Waals surface area contributed by atoms with Crippen molar-refractivity contribution in [3.05, 3.63) is 53.6 Å². The van der Waals surface area contributed by atoms with Crippen LogP contribution >= 0.6 is 34.4 Å². The molecule has 1 nitrogen and oxygen atoms in total. The van der Waals surface area contributed by atoms with Gasteiger partial charge in [-0.25, -0.2) is 0 Å². The Bertz CT molecular complexity index is 554. The van der Waals surface area contributed by atoms with E-state index in [4.69, 9.17) is 5.73 Å². The molecule has 0 aliphatic heterocycles. The molecule has 0 unspecified atom stereocenters. The summed E-state index contributed by atoms with van der Waals surface area (Å²) in [4.78, 5) is 2.49. The molecule has 0 aromatic heterocycles. The predicted molar refractivity (Wildman–Crippen MR) is 93.4 cm³/mol. The van der Waals surface area contributed by atoms with E-state index in [9.17, 15) is 0 Å². The van der Waals surface area contributed by atoms with Crippen molar-refractivity contribution in [2.24, 2.45) is 0 Å². The molecule has 100 valence electrons. The summed E-state index contributed by atoms with van der Waals surface area (Å²) in [5, 5.41) is 0. The maximum atomic E-state index is 6.10. The fraction of sp³-hybridized carbons (Fsp3) is 0.250. The first-order valence-corrected chi connectivity index (χ1v) is 8.78. The van der Waals surface area contributed by atoms with Crippen LogP contribution in [0.3, 0.4) is 0 Å². The topological polar surface area (TPSA) is 26.0 Å². The SMILES string of the molecule is CCc1cccc(Sc2ccc(CCI)c(N)c2)c1. The van der Waals surface area contributed by atoms with E-state index < -0.39 is 0 Å². The van der Waals surface area contributed by atoms with Crippen molar-refractivity contribution in [3.8, 4) is 0 Å². The Hall–Kier alpha value is -0.680. The van der Waals surface area contributed by atoms with E-state index in [1.807, 2.05) is 0 Å². The quantitative estimate of drug-likeness (QED) is 0.449. The van der Waals surface area contributed by atoms with Crippen LogP contribution in [0.4, 0.5) is 5.69 Å². The van der Waals surface area contributed by atoms with Crippen LogP contribution in [-0.2, 0) is 12.8 Å². The Balaban J connectivity index is 2.16. The third kappa shape index (κ3) is 4.14. The largest absolute Gasteiger partial charge is 0.398 e. The lowest BCUT2D eigenvalue weighted by molar-refractivity contribution is 1.12. The maximum absolute atomic E-state index is 6.10. The normalized spacial score (nSPS) is 10.6. The monoisotopic (exact) mass is 383 g/mol. The first-order valence-electron chi connectivity index (χ1n) is 6.44. The van der Waals surface area contributed by atoms with Crippen molar-refractivity contribution in [2.75, 3.05) is 10.2 Å². The summed E-state index contributed by atoms with van der Waals surface area (Å²) in [6, 6.07) is 15.1. The predicted octanol–water partition coefficient (Wildman–Crippen LogP) is 4.96. The smallest absolute Gasteiger partial charge is 0.0358 e. The first-order chi connectivity index (χ1) is 9.22. The first kappa shape index (κ1) is 14.7. The minimum Gasteiger partial charge on any atom is -0.398 e. The highest BCUT2D eigenvalue weighted by atomic mass is 127. The van der Waals surface area contributed by atoms with Gasteiger partial charge in [-0.2, -0.15) is 0 Å². The number of halogens is 1. The van der Waals surface area contributed by atoms with Crippen molar-refractivity contribution in [1.29, 1.82) is 0 Å². The molecular weight excluding hydrogens is 365 g/mol. The van der Waals surface area contributed by atoms with E-state index in [-0.39, 0.29) is 0 Å². The maximum Gasteiger partial charge on any atom is 0.0358 e. The number of alkyl halides is 1. The number of hydrogen-bond acceptors (Lipinski definition) is 2. The lowest BCUT2D eigenvalue weighted by Crippen LogP contribution is -1.95. The van der Waals surface area contributed by atoms with Gasteiger partial charge in [0.25, 0.3) is 0 Å². The van der Waals surface area contributed by atoms with Crippen LogP contribution in [-0.4, -0.2) is 4.43 Å². The third-order valence-corrected chi connectivity index (χ3v) is 4.54. The standard InChI is InChI=1S/C16H18INS/c1-2-12-4-3-5-14(10-12)19-15-7-6-13(8-9-17)16(18)11-15/h3-7,10-11H,2,8-9,18H2,1H3. The van der Waals surface area contributed by atoms with Gasteiger partial charge in [0.15, 0.2) is 0 Å². The molecule has 0 saturated heterocycles. The second kappa shape index (κ2) is 7.20. The Labute approximate surface area is 133 Å². The third-order valence-electron chi connectivity index (χ3n) is 3.02. The zero-order valence-corrected chi connectivity index (χ0v) is 14.0. The minimum absolute atomic E-state index is 0.910. The van der Waals surface area contributed by atoms with Crippen LogP contribution in [0.2, 0.25) is 0 Å². The molecule has 19 heavy (non-hydrogen) atoms. The molecule has 2 N–H and O–H groups in total. The van der Waals surface area contributed by atoms with Gasteiger partial charge in [0.05, 0.1) is 0 Å². The number of hydrogen-bond donors (Lipinski definition) is 1. The molecule has 0 amide bonds. The Morgan fingerprint density at radius 1 is 1.11 bits per heavy atom. The molecule has 0 aliphatic carbocycles. The lowest BCUT2D eigenvalue weighted by Gasteiger charge is -2.08. The van der Waals surface area contributed by atoms with E-state index in [0.717, 1.165) is 23.0 Å². The fourth-order valence-corrected chi connectivity index (χ4v) is 3.46. The zero-order valence-electron chi connectivity index (χ0n) is 11.0. The van der Waals surface area contributed by atoms with Crippen molar-refractivity contribution in [1.82, 2.24) is 0 Å². The molecule has 0 atom stereocenters. The van der Waals surface area contributed by atoms with Crippen LogP contribution in [0.5, 0.6) is 0 Å². The molecule has 0 heterocycles. The summed E-state index contributed by atoms with van der Waals surface area (Å²) in [6.45, 7) is 2.18. The number of nitrogens with two attached hydrogens (primary N) is 1. The van der Waals surface area contributed by atoms with Crippen LogP contribution in [0.25, 0.3) is 0 Å². The van der Waals surface area contributed by atoms with Crippen molar-refractivity contribution in [2.45, 2.75) is 29.6 Å². The zero-order chi connectivity index (χ0) is 13.7. The summed E-state index contributed by atoms with van der Waals surface area (Å²) in [6.07, 6.45) is 2.12. The highest BCUT2D eigenvalue weighted by Crippen LogP contribution is 2.30. The number of rotatable bonds is 5. The molecule has 0 saturated carbocycles. The molecule has 2 aromatic carbocycles. The summed E-state index contributed by atoms with van der Waals surface area (Å²) in [5.41, 5.74) is 9.64. The van der Waals surface area contributed by atoms with Gasteiger partial charge in [0, 0.05) is 19.9 Å². The van der Waals surface area contributed by atoms with E-state index >= 15 is 0 Å². The average Bonchev–Trinajstić information content (AvgIpc) is 2.42. The van der Waals surface area contributed by atoms with Gasteiger partial charge in [-0.05, 0) is 48.2 Å². The molecule has 3 heteroatoms. The van der Waals surface area contributed by atoms with Gasteiger partial charge in [-0.15, -0.1) is 0 Å². The van der Waals surface area contributed by atoms with E-state index in [2.05, 4.69) is 72.0 Å². The molecular formula is C16H18INS. The number of benzene rings is 2. The summed E-state index contributed by atoms with van der Waals surface area (Å²) in [5.74, 6) is 0. The molecule has 0 radical (unpaired) electrons. The molecule has 2 rings (SSSR count). The van der Waals surface area contributed by atoms with Crippen molar-refractivity contribution < 1.29 is 0 Å². The van der Waals surface area contributed by atoms with Crippen LogP contribution in [0.15, 0.2) is 52.3 Å². The highest BCUT2D eigenvalue weighted by molar-refractivity contribution is 14.1. The van der Waals surface area contributed by atoms with Gasteiger partial charge in [-0.1, -0.05) is 59.5 Å². The van der Waals surface area contributed by atoms with Crippen LogP contribution in [0.1, 0.15) is 18.1 Å². The lowest BCUT2D eigenvalue weighted by atomic mass is 10.1. The summed E-state index contributed by atoms with van der Waals surface area (Å²) in [7, 11) is 0. The van der Waals surface area contributed by atoms with Gasteiger partial charge in [0.2, 0.25) is 0 Å². The molecule has 0 aliphatic rings. The van der Waals surface area contributed by atoms with Gasteiger partial charge < -0.3 is 5.73 Å². The summed E-state index contributed by atoms with van der Waals surface area (Å²) < 4.78 is 1.10. The Kier molecular flexibility index (Phi) is 5.58. The van der Waals surface area contributed by atoms with Gasteiger partial charge in [-0.3, -0.25) is 0 Å². The van der Waals surface area contributed by atoms with Crippen LogP contribution in [0, 0.1) is 0 Å². The van der Waals surface area contributed by atoms with E-state index in [1.54, 1.807) is 11.8 Å². The fourth-order valence-electron chi connectivity index (χ4n) is 1.93. The van der Waals surface area contributed by atoms with Crippen molar-refractivity contribution >= 4 is 40.0 Å². The van der Waals surface area contributed by atoms with Crippen molar-refractivity contribution in [3.63, 3.8) is 0 Å².